The van der Waals surface area contributed by atoms with Gasteiger partial charge in [0.1, 0.15) is 12.3 Å². The summed E-state index contributed by atoms with van der Waals surface area (Å²) in [7, 11) is 1.84. The van der Waals surface area contributed by atoms with E-state index in [0.29, 0.717) is 19.1 Å². The number of rotatable bonds is 6. The van der Waals surface area contributed by atoms with Gasteiger partial charge in [0, 0.05) is 25.2 Å². The molecule has 0 N–H and O–H groups in total. The topological polar surface area (TPSA) is 60.2 Å². The second-order valence-corrected chi connectivity index (χ2v) is 8.75. The van der Waals surface area contributed by atoms with Gasteiger partial charge in [-0.15, -0.1) is 5.10 Å². The molecule has 0 bridgehead atoms. The highest BCUT2D eigenvalue weighted by atomic mass is 16.6. The van der Waals surface area contributed by atoms with E-state index in [1.54, 1.807) is 4.68 Å². The van der Waals surface area contributed by atoms with Gasteiger partial charge < -0.3 is 4.74 Å². The average Bonchev–Trinajstić information content (AvgIpc) is 3.30. The summed E-state index contributed by atoms with van der Waals surface area (Å²) in [6, 6.07) is 16.9. The molecule has 2 aliphatic carbocycles. The number of hydrogen-bond donors (Lipinski definition) is 0. The van der Waals surface area contributed by atoms with Crippen LogP contribution in [0.15, 0.2) is 54.7 Å². The van der Waals surface area contributed by atoms with E-state index in [2.05, 4.69) is 65.8 Å². The molecule has 1 atom stereocenters. The van der Waals surface area contributed by atoms with Crippen molar-refractivity contribution in [3.05, 3.63) is 71.5 Å². The minimum atomic E-state index is -0.271. The molecule has 1 aromatic heterocycles. The first kappa shape index (κ1) is 19.8. The first-order chi connectivity index (χ1) is 15.1. The molecule has 160 valence electrons. The van der Waals surface area contributed by atoms with Crippen molar-refractivity contribution in [1.29, 1.82) is 0 Å². The van der Waals surface area contributed by atoms with Crippen molar-refractivity contribution in [3.8, 4) is 11.1 Å². The molecule has 5 rings (SSSR count). The fraction of sp³-hybridized carbons (Fsp3) is 0.400. The molecule has 2 aromatic carbocycles. The van der Waals surface area contributed by atoms with Crippen molar-refractivity contribution in [2.24, 2.45) is 13.0 Å². The Labute approximate surface area is 182 Å². The first-order valence-corrected chi connectivity index (χ1v) is 11.1. The largest absolute Gasteiger partial charge is 0.448 e. The fourth-order valence-electron chi connectivity index (χ4n) is 4.87. The molecule has 1 amide bonds. The van der Waals surface area contributed by atoms with E-state index in [-0.39, 0.29) is 18.1 Å². The number of carbonyl (C=O) groups excluding carboxylic acids is 1. The highest BCUT2D eigenvalue weighted by molar-refractivity contribution is 5.79. The van der Waals surface area contributed by atoms with Crippen LogP contribution in [-0.2, 0) is 18.3 Å². The maximum atomic E-state index is 13.3. The molecule has 1 saturated carbocycles. The van der Waals surface area contributed by atoms with Crippen molar-refractivity contribution in [2.75, 3.05) is 6.61 Å². The van der Waals surface area contributed by atoms with E-state index in [1.807, 2.05) is 18.1 Å². The second kappa shape index (κ2) is 8.17. The van der Waals surface area contributed by atoms with Gasteiger partial charge >= 0.3 is 6.09 Å². The van der Waals surface area contributed by atoms with Crippen LogP contribution in [0.5, 0.6) is 0 Å². The lowest BCUT2D eigenvalue weighted by Crippen LogP contribution is -2.45. The maximum Gasteiger partial charge on any atom is 0.410 e. The summed E-state index contributed by atoms with van der Waals surface area (Å²) in [5.41, 5.74) is 5.70. The number of hydrogen-bond acceptors (Lipinski definition) is 4. The Morgan fingerprint density at radius 3 is 2.32 bits per heavy atom. The Balaban J connectivity index is 1.35. The molecule has 1 unspecified atom stereocenters. The van der Waals surface area contributed by atoms with Crippen LogP contribution in [-0.4, -0.2) is 38.6 Å². The molecular weight excluding hydrogens is 388 g/mol. The second-order valence-electron chi connectivity index (χ2n) is 8.75. The molecule has 0 aliphatic heterocycles. The third-order valence-corrected chi connectivity index (χ3v) is 6.88. The van der Waals surface area contributed by atoms with Crippen LogP contribution in [0, 0.1) is 5.92 Å². The molecule has 31 heavy (non-hydrogen) atoms. The Bertz CT molecular complexity index is 1040. The Morgan fingerprint density at radius 2 is 1.77 bits per heavy atom. The number of nitrogens with zero attached hydrogens (tertiary/aromatic N) is 4. The van der Waals surface area contributed by atoms with E-state index in [1.165, 1.54) is 28.7 Å². The van der Waals surface area contributed by atoms with Crippen LogP contribution in [0.2, 0.25) is 0 Å². The summed E-state index contributed by atoms with van der Waals surface area (Å²) in [5.74, 6) is 0.589. The fourth-order valence-corrected chi connectivity index (χ4v) is 4.87. The predicted octanol–water partition coefficient (Wildman–Crippen LogP) is 4.75. The van der Waals surface area contributed by atoms with Crippen LogP contribution >= 0.6 is 0 Å². The molecule has 1 heterocycles. The Hall–Kier alpha value is -3.15. The third kappa shape index (κ3) is 3.71. The van der Waals surface area contributed by atoms with Crippen molar-refractivity contribution in [1.82, 2.24) is 19.9 Å². The van der Waals surface area contributed by atoms with Gasteiger partial charge in [0.15, 0.2) is 0 Å². The molecule has 0 spiro atoms. The normalized spacial score (nSPS) is 16.3. The third-order valence-electron chi connectivity index (χ3n) is 6.88. The standard InChI is InChI=1S/C25H28N4O2/c1-17(18-8-7-9-18)29(15-19-14-28(2)27-26-19)25(30)31-16-24-22-12-5-3-10-20(22)21-11-4-6-13-23(21)24/h3-6,10-14,17-18,24H,7-9,15-16H2,1-2H3. The highest BCUT2D eigenvalue weighted by Crippen LogP contribution is 2.44. The molecule has 0 radical (unpaired) electrons. The number of amides is 1. The van der Waals surface area contributed by atoms with Crippen molar-refractivity contribution < 1.29 is 9.53 Å². The summed E-state index contributed by atoms with van der Waals surface area (Å²) in [6.07, 6.45) is 5.14. The van der Waals surface area contributed by atoms with Crippen LogP contribution in [0.25, 0.3) is 11.1 Å². The van der Waals surface area contributed by atoms with E-state index < -0.39 is 0 Å². The van der Waals surface area contributed by atoms with Gasteiger partial charge in [0.05, 0.1) is 6.54 Å². The zero-order valence-electron chi connectivity index (χ0n) is 18.1. The number of carbonyl (C=O) groups is 1. The van der Waals surface area contributed by atoms with Crippen molar-refractivity contribution >= 4 is 6.09 Å². The van der Waals surface area contributed by atoms with E-state index in [4.69, 9.17) is 4.74 Å². The molecule has 1 fully saturated rings. The lowest BCUT2D eigenvalue weighted by Gasteiger charge is -2.38. The van der Waals surface area contributed by atoms with Crippen LogP contribution in [0.1, 0.15) is 48.9 Å². The molecular formula is C25H28N4O2. The van der Waals surface area contributed by atoms with E-state index >= 15 is 0 Å². The molecule has 2 aliphatic rings. The monoisotopic (exact) mass is 416 g/mol. The summed E-state index contributed by atoms with van der Waals surface area (Å²) in [4.78, 5) is 15.1. The summed E-state index contributed by atoms with van der Waals surface area (Å²) < 4.78 is 7.62. The van der Waals surface area contributed by atoms with E-state index in [9.17, 15) is 4.79 Å². The highest BCUT2D eigenvalue weighted by Gasteiger charge is 2.34. The molecule has 6 nitrogen and oxygen atoms in total. The Morgan fingerprint density at radius 1 is 1.13 bits per heavy atom. The van der Waals surface area contributed by atoms with Gasteiger partial charge in [-0.2, -0.15) is 0 Å². The summed E-state index contributed by atoms with van der Waals surface area (Å²) in [6.45, 7) is 2.88. The number of aryl methyl sites for hydroxylation is 1. The smallest absolute Gasteiger partial charge is 0.410 e. The van der Waals surface area contributed by atoms with Crippen LogP contribution in [0.3, 0.4) is 0 Å². The quantitative estimate of drug-likeness (QED) is 0.582. The van der Waals surface area contributed by atoms with Gasteiger partial charge in [0.25, 0.3) is 0 Å². The Kier molecular flexibility index (Phi) is 5.22. The first-order valence-electron chi connectivity index (χ1n) is 11.1. The average molecular weight is 417 g/mol. The lowest BCUT2D eigenvalue weighted by molar-refractivity contribution is 0.0563. The summed E-state index contributed by atoms with van der Waals surface area (Å²) in [5, 5.41) is 8.20. The zero-order chi connectivity index (χ0) is 21.4. The van der Waals surface area contributed by atoms with Gasteiger partial charge in [-0.3, -0.25) is 9.58 Å². The molecule has 6 heteroatoms. The predicted molar refractivity (Wildman–Crippen MR) is 118 cm³/mol. The van der Waals surface area contributed by atoms with Crippen molar-refractivity contribution in [2.45, 2.75) is 44.7 Å². The SMILES string of the molecule is CC(C1CCC1)N(Cc1cn(C)nn1)C(=O)OCC1c2ccccc2-c2ccccc21. The number of aromatic nitrogens is 3. The van der Waals surface area contributed by atoms with Gasteiger partial charge in [-0.05, 0) is 47.9 Å². The van der Waals surface area contributed by atoms with Gasteiger partial charge in [0.2, 0.25) is 0 Å². The van der Waals surface area contributed by atoms with Gasteiger partial charge in [-0.1, -0.05) is 60.2 Å². The molecule has 0 saturated heterocycles. The van der Waals surface area contributed by atoms with Crippen LogP contribution < -0.4 is 0 Å². The maximum absolute atomic E-state index is 13.3. The van der Waals surface area contributed by atoms with Crippen molar-refractivity contribution in [3.63, 3.8) is 0 Å². The summed E-state index contributed by atoms with van der Waals surface area (Å²) >= 11 is 0. The lowest BCUT2D eigenvalue weighted by atomic mass is 9.80. The minimum absolute atomic E-state index is 0.0636. The number of fused-ring (bicyclic) bond motifs is 3. The minimum Gasteiger partial charge on any atom is -0.448 e. The zero-order valence-corrected chi connectivity index (χ0v) is 18.1. The van der Waals surface area contributed by atoms with E-state index in [0.717, 1.165) is 18.5 Å². The van der Waals surface area contributed by atoms with Crippen LogP contribution in [0.4, 0.5) is 4.79 Å². The molecule has 3 aromatic rings. The number of benzene rings is 2. The van der Waals surface area contributed by atoms with Gasteiger partial charge in [-0.25, -0.2) is 4.79 Å². The number of ether oxygens (including phenoxy) is 1.